The van der Waals surface area contributed by atoms with Crippen molar-refractivity contribution in [2.24, 2.45) is 0 Å². The molecule has 2 heterocycles. The fraction of sp³-hybridized carbons (Fsp3) is 0.391. The van der Waals surface area contributed by atoms with Gasteiger partial charge in [-0.15, -0.1) is 5.10 Å². The highest BCUT2D eigenvalue weighted by Crippen LogP contribution is 2.35. The van der Waals surface area contributed by atoms with E-state index in [1.165, 1.54) is 11.9 Å². The van der Waals surface area contributed by atoms with Crippen LogP contribution in [0.15, 0.2) is 54.9 Å². The van der Waals surface area contributed by atoms with E-state index in [0.717, 1.165) is 29.8 Å². The topological polar surface area (TPSA) is 91.2 Å². The smallest absolute Gasteiger partial charge is 0.224 e. The van der Waals surface area contributed by atoms with E-state index in [0.29, 0.717) is 32.8 Å². The molecule has 8 heteroatoms. The summed E-state index contributed by atoms with van der Waals surface area (Å²) in [6.45, 7) is 4.60. The van der Waals surface area contributed by atoms with Gasteiger partial charge < -0.3 is 14.8 Å². The molecule has 1 N–H and O–H groups in total. The normalized spacial score (nSPS) is 15.4. The maximum atomic E-state index is 12.7. The van der Waals surface area contributed by atoms with E-state index in [9.17, 15) is 4.79 Å². The summed E-state index contributed by atoms with van der Waals surface area (Å²) in [7, 11) is 0. The minimum absolute atomic E-state index is 0.00646. The first kappa shape index (κ1) is 21.0. The van der Waals surface area contributed by atoms with Crippen molar-refractivity contribution in [3.8, 4) is 11.4 Å². The number of ether oxygens (including phenoxy) is 2. The van der Waals surface area contributed by atoms with Crippen LogP contribution in [-0.4, -0.2) is 52.5 Å². The largest absolute Gasteiger partial charge is 0.494 e. The molecule has 1 saturated heterocycles. The predicted octanol–water partition coefficient (Wildman–Crippen LogP) is 2.47. The lowest BCUT2D eigenvalue weighted by Gasteiger charge is -2.38. The minimum atomic E-state index is -0.122. The van der Waals surface area contributed by atoms with E-state index in [1.807, 2.05) is 43.3 Å². The van der Waals surface area contributed by atoms with Crippen LogP contribution < -0.4 is 10.1 Å². The number of carbonyl (C=O) groups is 1. The summed E-state index contributed by atoms with van der Waals surface area (Å²) in [5.74, 6) is 0.870. The molecule has 4 rings (SSSR count). The Morgan fingerprint density at radius 2 is 1.87 bits per heavy atom. The quantitative estimate of drug-likeness (QED) is 0.601. The van der Waals surface area contributed by atoms with Crippen LogP contribution in [0.4, 0.5) is 0 Å². The fourth-order valence-electron chi connectivity index (χ4n) is 3.96. The van der Waals surface area contributed by atoms with E-state index in [1.54, 1.807) is 4.68 Å². The van der Waals surface area contributed by atoms with E-state index in [4.69, 9.17) is 9.47 Å². The van der Waals surface area contributed by atoms with Crippen LogP contribution in [0, 0.1) is 0 Å². The second-order valence-electron chi connectivity index (χ2n) is 7.72. The van der Waals surface area contributed by atoms with Gasteiger partial charge in [-0.1, -0.05) is 24.3 Å². The molecule has 0 bridgehead atoms. The Labute approximate surface area is 181 Å². The van der Waals surface area contributed by atoms with Gasteiger partial charge in [-0.25, -0.2) is 4.68 Å². The molecule has 1 fully saturated rings. The Kier molecular flexibility index (Phi) is 6.57. The number of nitrogens with zero attached hydrogens (tertiary/aromatic N) is 4. The zero-order chi connectivity index (χ0) is 21.5. The summed E-state index contributed by atoms with van der Waals surface area (Å²) in [6.07, 6.45) is 3.62. The van der Waals surface area contributed by atoms with Crippen LogP contribution in [-0.2, 0) is 21.4 Å². The van der Waals surface area contributed by atoms with Gasteiger partial charge in [0.1, 0.15) is 12.1 Å². The second-order valence-corrected chi connectivity index (χ2v) is 7.72. The lowest BCUT2D eigenvalue weighted by atomic mass is 9.74. The summed E-state index contributed by atoms with van der Waals surface area (Å²) in [4.78, 5) is 12.7. The third kappa shape index (κ3) is 5.08. The van der Waals surface area contributed by atoms with Gasteiger partial charge >= 0.3 is 0 Å². The molecule has 1 aromatic heterocycles. The van der Waals surface area contributed by atoms with E-state index >= 15 is 0 Å². The van der Waals surface area contributed by atoms with Crippen molar-refractivity contribution >= 4 is 5.91 Å². The predicted molar refractivity (Wildman–Crippen MR) is 115 cm³/mol. The first-order valence-electron chi connectivity index (χ1n) is 10.6. The van der Waals surface area contributed by atoms with Gasteiger partial charge in [-0.05, 0) is 65.6 Å². The highest BCUT2D eigenvalue weighted by molar-refractivity contribution is 5.78. The number of hydrogen-bond acceptors (Lipinski definition) is 6. The summed E-state index contributed by atoms with van der Waals surface area (Å²) in [6, 6.07) is 15.9. The molecular formula is C23H27N5O3. The van der Waals surface area contributed by atoms with Gasteiger partial charge in [0.25, 0.3) is 0 Å². The second kappa shape index (κ2) is 9.70. The molecular weight excluding hydrogens is 394 g/mol. The van der Waals surface area contributed by atoms with Gasteiger partial charge in [0, 0.05) is 25.2 Å². The van der Waals surface area contributed by atoms with Crippen LogP contribution >= 0.6 is 0 Å². The summed E-state index contributed by atoms with van der Waals surface area (Å²) >= 11 is 0. The van der Waals surface area contributed by atoms with Crippen molar-refractivity contribution in [3.63, 3.8) is 0 Å². The standard InChI is InChI=1S/C23H27N5O3/c1-2-31-21-9-5-19(6-10-21)23(11-13-30-14-12-23)16-24-22(29)15-18-3-7-20(8-4-18)28-17-25-26-27-28/h3-10,17H,2,11-16H2,1H3,(H,24,29). The average molecular weight is 422 g/mol. The fourth-order valence-corrected chi connectivity index (χ4v) is 3.96. The third-order valence-corrected chi connectivity index (χ3v) is 5.77. The van der Waals surface area contributed by atoms with Crippen LogP contribution in [0.1, 0.15) is 30.9 Å². The highest BCUT2D eigenvalue weighted by atomic mass is 16.5. The zero-order valence-corrected chi connectivity index (χ0v) is 17.7. The molecule has 3 aromatic rings. The van der Waals surface area contributed by atoms with E-state index < -0.39 is 0 Å². The summed E-state index contributed by atoms with van der Waals surface area (Å²) in [5.41, 5.74) is 2.88. The number of carbonyl (C=O) groups excluding carboxylic acids is 1. The molecule has 0 radical (unpaired) electrons. The molecule has 1 aliphatic rings. The molecule has 0 aliphatic carbocycles. The average Bonchev–Trinajstić information content (AvgIpc) is 3.35. The van der Waals surface area contributed by atoms with Gasteiger partial charge in [0.2, 0.25) is 5.91 Å². The number of aromatic nitrogens is 4. The van der Waals surface area contributed by atoms with Gasteiger partial charge in [-0.2, -0.15) is 0 Å². The van der Waals surface area contributed by atoms with Crippen molar-refractivity contribution in [2.45, 2.75) is 31.6 Å². The van der Waals surface area contributed by atoms with Crippen molar-refractivity contribution in [1.29, 1.82) is 0 Å². The van der Waals surface area contributed by atoms with E-state index in [2.05, 4.69) is 33.0 Å². The maximum Gasteiger partial charge on any atom is 0.224 e. The summed E-state index contributed by atoms with van der Waals surface area (Å²) in [5, 5.41) is 14.3. The minimum Gasteiger partial charge on any atom is -0.494 e. The van der Waals surface area contributed by atoms with Gasteiger partial charge in [0.05, 0.1) is 18.7 Å². The van der Waals surface area contributed by atoms with E-state index in [-0.39, 0.29) is 11.3 Å². The summed E-state index contributed by atoms with van der Waals surface area (Å²) < 4.78 is 12.7. The number of amides is 1. The number of benzene rings is 2. The lowest BCUT2D eigenvalue weighted by Crippen LogP contribution is -2.45. The SMILES string of the molecule is CCOc1ccc(C2(CNC(=O)Cc3ccc(-n4cnnn4)cc3)CCOCC2)cc1. The van der Waals surface area contributed by atoms with Crippen molar-refractivity contribution in [2.75, 3.05) is 26.4 Å². The number of tetrazole rings is 1. The Morgan fingerprint density at radius 3 is 2.52 bits per heavy atom. The van der Waals surface area contributed by atoms with Crippen molar-refractivity contribution in [3.05, 3.63) is 66.0 Å². The van der Waals surface area contributed by atoms with Crippen LogP contribution in [0.5, 0.6) is 5.75 Å². The van der Waals surface area contributed by atoms with Crippen LogP contribution in [0.3, 0.4) is 0 Å². The molecule has 0 unspecified atom stereocenters. The molecule has 0 atom stereocenters. The zero-order valence-electron chi connectivity index (χ0n) is 17.7. The molecule has 0 spiro atoms. The molecule has 8 nitrogen and oxygen atoms in total. The Hall–Kier alpha value is -3.26. The monoisotopic (exact) mass is 421 g/mol. The van der Waals surface area contributed by atoms with Gasteiger partial charge in [-0.3, -0.25) is 4.79 Å². The van der Waals surface area contributed by atoms with Crippen LogP contribution in [0.25, 0.3) is 5.69 Å². The number of hydrogen-bond donors (Lipinski definition) is 1. The van der Waals surface area contributed by atoms with Crippen molar-refractivity contribution in [1.82, 2.24) is 25.5 Å². The van der Waals surface area contributed by atoms with Crippen molar-refractivity contribution < 1.29 is 14.3 Å². The first-order valence-corrected chi connectivity index (χ1v) is 10.6. The number of rotatable bonds is 8. The molecule has 1 amide bonds. The molecule has 2 aromatic carbocycles. The third-order valence-electron chi connectivity index (χ3n) is 5.77. The van der Waals surface area contributed by atoms with Gasteiger partial charge in [0.15, 0.2) is 0 Å². The molecule has 0 saturated carbocycles. The Morgan fingerprint density at radius 1 is 1.13 bits per heavy atom. The molecule has 31 heavy (non-hydrogen) atoms. The first-order chi connectivity index (χ1) is 15.2. The van der Waals surface area contributed by atoms with Crippen LogP contribution in [0.2, 0.25) is 0 Å². The maximum absolute atomic E-state index is 12.7. The lowest BCUT2D eigenvalue weighted by molar-refractivity contribution is -0.120. The highest BCUT2D eigenvalue weighted by Gasteiger charge is 2.34. The Bertz CT molecular complexity index is 965. The molecule has 1 aliphatic heterocycles. The molecule has 162 valence electrons. The Balaban J connectivity index is 1.39. The number of nitrogens with one attached hydrogen (secondary N) is 1.